The van der Waals surface area contributed by atoms with E-state index in [1.807, 2.05) is 4.72 Å². The molecule has 9 nitrogen and oxygen atoms in total. The first kappa shape index (κ1) is 23.7. The Morgan fingerprint density at radius 1 is 1.00 bits per heavy atom. The molecule has 0 aliphatic heterocycles. The lowest BCUT2D eigenvalue weighted by atomic mass is 10.2. The Hall–Kier alpha value is -4.07. The van der Waals surface area contributed by atoms with E-state index in [4.69, 9.17) is 0 Å². The van der Waals surface area contributed by atoms with Crippen LogP contribution in [-0.4, -0.2) is 39.9 Å². The van der Waals surface area contributed by atoms with E-state index >= 15 is 0 Å². The molecule has 186 valence electrons. The van der Waals surface area contributed by atoms with E-state index < -0.39 is 33.7 Å². The van der Waals surface area contributed by atoms with Crippen molar-refractivity contribution >= 4 is 32.9 Å². The molecule has 1 saturated carbocycles. The molecule has 1 amide bonds. The molecule has 4 aromatic rings. The van der Waals surface area contributed by atoms with Crippen molar-refractivity contribution in [2.24, 2.45) is 0 Å². The molecule has 0 unspecified atom stereocenters. The molecule has 0 atom stereocenters. The van der Waals surface area contributed by atoms with Crippen LogP contribution in [0.2, 0.25) is 0 Å². The number of imidazole rings is 1. The number of benzene rings is 2. The van der Waals surface area contributed by atoms with Gasteiger partial charge in [0.05, 0.1) is 4.90 Å². The summed E-state index contributed by atoms with van der Waals surface area (Å²) in [5.41, 5.74) is 0.369. The molecule has 2 heterocycles. The Labute approximate surface area is 201 Å². The molecule has 0 radical (unpaired) electrons. The van der Waals surface area contributed by atoms with E-state index in [1.165, 1.54) is 35.2 Å². The molecule has 0 bridgehead atoms. The number of halogens is 4. The SMILES string of the molecule is O=C(NS(=O)(=O)c1ccc(F)cc1)c1ccc(-n2cnc3c(NC4CC4)nc(C(F)(F)F)nc32)cc1. The maximum Gasteiger partial charge on any atom is 0.451 e. The van der Waals surface area contributed by atoms with Crippen LogP contribution < -0.4 is 10.0 Å². The highest BCUT2D eigenvalue weighted by Crippen LogP contribution is 2.33. The molecule has 36 heavy (non-hydrogen) atoms. The summed E-state index contributed by atoms with van der Waals surface area (Å²) in [7, 11) is -4.25. The van der Waals surface area contributed by atoms with E-state index in [0.717, 1.165) is 37.1 Å². The number of aromatic nitrogens is 4. The second-order valence-corrected chi connectivity index (χ2v) is 9.72. The van der Waals surface area contributed by atoms with Crippen LogP contribution in [0.5, 0.6) is 0 Å². The fourth-order valence-electron chi connectivity index (χ4n) is 3.36. The third-order valence-electron chi connectivity index (χ3n) is 5.33. The normalized spacial score (nSPS) is 14.1. The van der Waals surface area contributed by atoms with Gasteiger partial charge in [-0.3, -0.25) is 9.36 Å². The highest BCUT2D eigenvalue weighted by Gasteiger charge is 2.37. The van der Waals surface area contributed by atoms with Gasteiger partial charge in [-0.2, -0.15) is 13.2 Å². The first-order valence-corrected chi connectivity index (χ1v) is 12.0. The lowest BCUT2D eigenvalue weighted by Crippen LogP contribution is -2.30. The van der Waals surface area contributed by atoms with E-state index in [0.29, 0.717) is 5.69 Å². The number of carbonyl (C=O) groups is 1. The zero-order chi connectivity index (χ0) is 25.7. The van der Waals surface area contributed by atoms with Gasteiger partial charge in [0.2, 0.25) is 5.82 Å². The zero-order valence-electron chi connectivity index (χ0n) is 18.1. The average Bonchev–Trinajstić information content (AvgIpc) is 3.53. The molecule has 1 aliphatic rings. The minimum absolute atomic E-state index is 0.0180. The summed E-state index contributed by atoms with van der Waals surface area (Å²) in [5, 5.41) is 2.94. The van der Waals surface area contributed by atoms with Gasteiger partial charge in [-0.15, -0.1) is 0 Å². The molecule has 0 spiro atoms. The van der Waals surface area contributed by atoms with Crippen LogP contribution in [-0.2, 0) is 16.2 Å². The highest BCUT2D eigenvalue weighted by atomic mass is 32.2. The first-order valence-electron chi connectivity index (χ1n) is 10.5. The third kappa shape index (κ3) is 4.71. The van der Waals surface area contributed by atoms with Crippen LogP contribution in [0.25, 0.3) is 16.9 Å². The van der Waals surface area contributed by atoms with Crippen molar-refractivity contribution in [1.29, 1.82) is 0 Å². The van der Waals surface area contributed by atoms with Gasteiger partial charge in [0.25, 0.3) is 15.9 Å². The van der Waals surface area contributed by atoms with E-state index in [-0.39, 0.29) is 33.5 Å². The van der Waals surface area contributed by atoms with Gasteiger partial charge in [0.1, 0.15) is 12.1 Å². The van der Waals surface area contributed by atoms with E-state index in [2.05, 4.69) is 20.3 Å². The van der Waals surface area contributed by atoms with Crippen molar-refractivity contribution in [2.45, 2.75) is 30.0 Å². The Balaban J connectivity index is 1.44. The van der Waals surface area contributed by atoms with E-state index in [9.17, 15) is 30.8 Å². The summed E-state index contributed by atoms with van der Waals surface area (Å²) in [5.74, 6) is -2.91. The molecule has 2 N–H and O–H groups in total. The minimum Gasteiger partial charge on any atom is -0.365 e. The molecular formula is C22H16F4N6O3S. The summed E-state index contributed by atoms with van der Waals surface area (Å²) in [6.45, 7) is 0. The molecule has 2 aromatic heterocycles. The topological polar surface area (TPSA) is 119 Å². The zero-order valence-corrected chi connectivity index (χ0v) is 18.9. The van der Waals surface area contributed by atoms with Crippen molar-refractivity contribution in [3.63, 3.8) is 0 Å². The smallest absolute Gasteiger partial charge is 0.365 e. The van der Waals surface area contributed by atoms with Crippen molar-refractivity contribution in [1.82, 2.24) is 24.2 Å². The Kier molecular flexibility index (Phi) is 5.62. The Bertz CT molecular complexity index is 1560. The summed E-state index contributed by atoms with van der Waals surface area (Å²) in [4.78, 5) is 23.6. The Morgan fingerprint density at radius 2 is 1.67 bits per heavy atom. The number of anilines is 1. The van der Waals surface area contributed by atoms with Gasteiger partial charge in [0.15, 0.2) is 17.0 Å². The monoisotopic (exact) mass is 520 g/mol. The number of hydrogen-bond acceptors (Lipinski definition) is 7. The van der Waals surface area contributed by atoms with Gasteiger partial charge in [0, 0.05) is 17.3 Å². The number of nitrogens with one attached hydrogen (secondary N) is 2. The molecular weight excluding hydrogens is 504 g/mol. The molecule has 2 aromatic carbocycles. The lowest BCUT2D eigenvalue weighted by molar-refractivity contribution is -0.144. The van der Waals surface area contributed by atoms with Crippen molar-refractivity contribution in [3.05, 3.63) is 72.1 Å². The molecule has 0 saturated heterocycles. The van der Waals surface area contributed by atoms with Crippen LogP contribution in [0.1, 0.15) is 29.0 Å². The van der Waals surface area contributed by atoms with Crippen molar-refractivity contribution < 1.29 is 30.8 Å². The van der Waals surface area contributed by atoms with Crippen LogP contribution in [0.15, 0.2) is 59.8 Å². The largest absolute Gasteiger partial charge is 0.451 e. The number of hydrogen-bond donors (Lipinski definition) is 2. The summed E-state index contributed by atoms with van der Waals surface area (Å²) >= 11 is 0. The van der Waals surface area contributed by atoms with Gasteiger partial charge in [-0.05, 0) is 61.4 Å². The number of sulfonamides is 1. The second kappa shape index (κ2) is 8.55. The summed E-state index contributed by atoms with van der Waals surface area (Å²) in [6, 6.07) is 9.36. The number of alkyl halides is 3. The molecule has 1 fully saturated rings. The maximum atomic E-state index is 13.4. The number of amides is 1. The third-order valence-corrected chi connectivity index (χ3v) is 6.67. The molecule has 1 aliphatic carbocycles. The van der Waals surface area contributed by atoms with Gasteiger partial charge in [-0.1, -0.05) is 0 Å². The van der Waals surface area contributed by atoms with Gasteiger partial charge < -0.3 is 5.32 Å². The quantitative estimate of drug-likeness (QED) is 0.373. The van der Waals surface area contributed by atoms with Crippen LogP contribution in [0, 0.1) is 5.82 Å². The van der Waals surface area contributed by atoms with Crippen LogP contribution >= 0.6 is 0 Å². The predicted molar refractivity (Wildman–Crippen MR) is 119 cm³/mol. The minimum atomic E-state index is -4.78. The molecule has 14 heteroatoms. The van der Waals surface area contributed by atoms with Crippen LogP contribution in [0.3, 0.4) is 0 Å². The van der Waals surface area contributed by atoms with Gasteiger partial charge in [-0.25, -0.2) is 32.5 Å². The Morgan fingerprint density at radius 3 is 2.28 bits per heavy atom. The number of carbonyl (C=O) groups excluding carboxylic acids is 1. The maximum absolute atomic E-state index is 13.4. The fourth-order valence-corrected chi connectivity index (χ4v) is 4.34. The van der Waals surface area contributed by atoms with Crippen LogP contribution in [0.4, 0.5) is 23.4 Å². The summed E-state index contributed by atoms with van der Waals surface area (Å²) < 4.78 is 81.2. The van der Waals surface area contributed by atoms with Gasteiger partial charge >= 0.3 is 6.18 Å². The number of rotatable bonds is 6. The first-order chi connectivity index (χ1) is 17.0. The number of fused-ring (bicyclic) bond motifs is 1. The number of nitrogens with zero attached hydrogens (tertiary/aromatic N) is 4. The average molecular weight is 520 g/mol. The highest BCUT2D eigenvalue weighted by molar-refractivity contribution is 7.90. The second-order valence-electron chi connectivity index (χ2n) is 8.03. The standard InChI is InChI=1S/C22H16F4N6O3S/c23-13-3-9-16(10-4-13)36(34,35)31-20(33)12-1-7-15(8-2-12)32-11-27-17-18(28-14-5-6-14)29-21(22(24,25)26)30-19(17)32/h1-4,7-11,14H,5-6H2,(H,31,33)(H,28,29,30). The lowest BCUT2D eigenvalue weighted by Gasteiger charge is -2.11. The van der Waals surface area contributed by atoms with Crippen molar-refractivity contribution in [3.8, 4) is 5.69 Å². The molecule has 5 rings (SSSR count). The predicted octanol–water partition coefficient (Wildman–Crippen LogP) is 3.67. The summed E-state index contributed by atoms with van der Waals surface area (Å²) in [6.07, 6.45) is -1.87. The van der Waals surface area contributed by atoms with Crippen molar-refractivity contribution in [2.75, 3.05) is 5.32 Å². The van der Waals surface area contributed by atoms with E-state index in [1.54, 1.807) is 0 Å². The fraction of sp³-hybridized carbons (Fsp3) is 0.182.